The van der Waals surface area contributed by atoms with E-state index in [9.17, 15) is 4.79 Å². The number of carbonyl (C=O) groups excluding carboxylic acids is 1. The molecule has 0 aliphatic carbocycles. The first-order valence-corrected chi connectivity index (χ1v) is 9.61. The van der Waals surface area contributed by atoms with Crippen LogP contribution in [0.3, 0.4) is 0 Å². The molecule has 2 aromatic carbocycles. The summed E-state index contributed by atoms with van der Waals surface area (Å²) < 4.78 is 5.22. The Morgan fingerprint density at radius 2 is 1.96 bits per heavy atom. The molecule has 0 bridgehead atoms. The highest BCUT2D eigenvalue weighted by molar-refractivity contribution is 7.98. The van der Waals surface area contributed by atoms with E-state index in [1.807, 2.05) is 56.3 Å². The second-order valence-corrected chi connectivity index (χ2v) is 7.11. The largest absolute Gasteiger partial charge is 0.361 e. The van der Waals surface area contributed by atoms with Gasteiger partial charge < -0.3 is 9.84 Å². The van der Waals surface area contributed by atoms with Gasteiger partial charge in [0.2, 0.25) is 0 Å². The van der Waals surface area contributed by atoms with Gasteiger partial charge in [-0.1, -0.05) is 36.3 Å². The van der Waals surface area contributed by atoms with E-state index < -0.39 is 0 Å². The molecule has 5 heteroatoms. The molecule has 0 aliphatic rings. The molecule has 0 saturated heterocycles. The zero-order valence-electron chi connectivity index (χ0n) is 15.2. The van der Waals surface area contributed by atoms with Gasteiger partial charge in [-0.25, -0.2) is 0 Å². The lowest BCUT2D eigenvalue weighted by Crippen LogP contribution is -2.13. The molecule has 0 spiro atoms. The first kappa shape index (κ1) is 18.3. The number of amides is 1. The van der Waals surface area contributed by atoms with E-state index in [-0.39, 0.29) is 5.91 Å². The van der Waals surface area contributed by atoms with E-state index in [2.05, 4.69) is 23.5 Å². The number of nitrogens with zero attached hydrogens (tertiary/aromatic N) is 1. The minimum atomic E-state index is -0.0971. The Morgan fingerprint density at radius 1 is 1.15 bits per heavy atom. The number of hydrogen-bond donors (Lipinski definition) is 1. The number of aromatic nitrogens is 1. The lowest BCUT2D eigenvalue weighted by molar-refractivity contribution is 0.102. The van der Waals surface area contributed by atoms with Gasteiger partial charge in [-0.3, -0.25) is 4.79 Å². The van der Waals surface area contributed by atoms with Crippen LogP contribution in [-0.4, -0.2) is 11.1 Å². The second-order valence-electron chi connectivity index (χ2n) is 6.10. The van der Waals surface area contributed by atoms with Gasteiger partial charge in [-0.2, -0.15) is 0 Å². The predicted octanol–water partition coefficient (Wildman–Crippen LogP) is 5.40. The summed E-state index contributed by atoms with van der Waals surface area (Å²) in [7, 11) is 0. The predicted molar refractivity (Wildman–Crippen MR) is 106 cm³/mol. The maximum atomic E-state index is 12.8. The van der Waals surface area contributed by atoms with Crippen molar-refractivity contribution in [3.8, 4) is 0 Å². The molecular formula is C21H22N2O2S. The Labute approximate surface area is 158 Å². The van der Waals surface area contributed by atoms with Gasteiger partial charge in [-0.15, -0.1) is 11.8 Å². The molecule has 1 heterocycles. The summed E-state index contributed by atoms with van der Waals surface area (Å²) in [6.07, 6.45) is 0.938. The average Bonchev–Trinajstić information content (AvgIpc) is 2.98. The van der Waals surface area contributed by atoms with Gasteiger partial charge in [-0.05, 0) is 50.1 Å². The van der Waals surface area contributed by atoms with Crippen molar-refractivity contribution < 1.29 is 9.32 Å². The molecule has 4 nitrogen and oxygen atoms in total. The van der Waals surface area contributed by atoms with Crippen LogP contribution in [0, 0.1) is 13.8 Å². The van der Waals surface area contributed by atoms with E-state index in [1.54, 1.807) is 11.8 Å². The van der Waals surface area contributed by atoms with Crippen LogP contribution in [0.15, 0.2) is 57.9 Å². The number of rotatable bonds is 6. The summed E-state index contributed by atoms with van der Waals surface area (Å²) >= 11 is 1.62. The second kappa shape index (κ2) is 8.23. The van der Waals surface area contributed by atoms with Crippen LogP contribution in [0.25, 0.3) is 0 Å². The smallest absolute Gasteiger partial charge is 0.256 e. The molecule has 0 unspecified atom stereocenters. The first-order valence-electron chi connectivity index (χ1n) is 8.62. The first-order chi connectivity index (χ1) is 12.6. The topological polar surface area (TPSA) is 55.1 Å². The summed E-state index contributed by atoms with van der Waals surface area (Å²) in [5, 5.41) is 7.00. The molecule has 3 aromatic rings. The van der Waals surface area contributed by atoms with Gasteiger partial charge >= 0.3 is 0 Å². The molecule has 1 amide bonds. The van der Waals surface area contributed by atoms with Crippen LogP contribution in [0.1, 0.15) is 39.9 Å². The Kier molecular flexibility index (Phi) is 5.78. The Balaban J connectivity index is 1.76. The lowest BCUT2D eigenvalue weighted by Gasteiger charge is -2.10. The van der Waals surface area contributed by atoms with Crippen molar-refractivity contribution in [3.05, 3.63) is 76.7 Å². The van der Waals surface area contributed by atoms with E-state index >= 15 is 0 Å². The summed E-state index contributed by atoms with van der Waals surface area (Å²) in [6.45, 7) is 5.95. The highest BCUT2D eigenvalue weighted by atomic mass is 32.2. The van der Waals surface area contributed by atoms with E-state index in [4.69, 9.17) is 4.52 Å². The number of aryl methyl sites for hydroxylation is 3. The molecule has 3 rings (SSSR count). The van der Waals surface area contributed by atoms with Crippen LogP contribution in [-0.2, 0) is 12.2 Å². The van der Waals surface area contributed by atoms with Crippen molar-refractivity contribution in [1.82, 2.24) is 5.16 Å². The standard InChI is InChI=1S/C21H22N2O2S/c1-4-16-8-7-9-17(12-16)22-21(24)18-10-5-6-11-20(18)26-13-19-14(2)23-25-15(19)3/h5-12H,4,13H2,1-3H3,(H,22,24). The molecule has 0 radical (unpaired) electrons. The van der Waals surface area contributed by atoms with Gasteiger partial charge in [0, 0.05) is 21.9 Å². The van der Waals surface area contributed by atoms with Crippen molar-refractivity contribution >= 4 is 23.4 Å². The van der Waals surface area contributed by atoms with E-state index in [1.165, 1.54) is 5.56 Å². The Morgan fingerprint density at radius 3 is 2.69 bits per heavy atom. The third-order valence-corrected chi connectivity index (χ3v) is 5.38. The van der Waals surface area contributed by atoms with Gasteiger partial charge in [0.15, 0.2) is 0 Å². The monoisotopic (exact) mass is 366 g/mol. The molecular weight excluding hydrogens is 344 g/mol. The molecule has 26 heavy (non-hydrogen) atoms. The third kappa shape index (κ3) is 4.17. The van der Waals surface area contributed by atoms with Gasteiger partial charge in [0.25, 0.3) is 5.91 Å². The van der Waals surface area contributed by atoms with Crippen LogP contribution >= 0.6 is 11.8 Å². The zero-order valence-corrected chi connectivity index (χ0v) is 16.0. The Hall–Kier alpha value is -2.53. The summed E-state index contributed by atoms with van der Waals surface area (Å²) in [5.41, 5.74) is 4.67. The van der Waals surface area contributed by atoms with Gasteiger partial charge in [0.1, 0.15) is 5.76 Å². The van der Waals surface area contributed by atoms with Crippen molar-refractivity contribution in [3.63, 3.8) is 0 Å². The number of carbonyl (C=O) groups is 1. The summed E-state index contributed by atoms with van der Waals surface area (Å²) in [5.74, 6) is 1.45. The average molecular weight is 366 g/mol. The number of hydrogen-bond acceptors (Lipinski definition) is 4. The van der Waals surface area contributed by atoms with Crippen molar-refractivity contribution in [2.24, 2.45) is 0 Å². The zero-order chi connectivity index (χ0) is 18.5. The van der Waals surface area contributed by atoms with Crippen molar-refractivity contribution in [2.45, 2.75) is 37.8 Å². The van der Waals surface area contributed by atoms with Crippen LogP contribution in [0.2, 0.25) is 0 Å². The molecule has 134 valence electrons. The quantitative estimate of drug-likeness (QED) is 0.594. The van der Waals surface area contributed by atoms with Crippen LogP contribution in [0.5, 0.6) is 0 Å². The summed E-state index contributed by atoms with van der Waals surface area (Å²) in [4.78, 5) is 13.7. The van der Waals surface area contributed by atoms with E-state index in [0.717, 1.165) is 39.8 Å². The minimum Gasteiger partial charge on any atom is -0.361 e. The molecule has 0 aliphatic heterocycles. The lowest BCUT2D eigenvalue weighted by atomic mass is 10.1. The fraction of sp³-hybridized carbons (Fsp3) is 0.238. The van der Waals surface area contributed by atoms with Crippen molar-refractivity contribution in [1.29, 1.82) is 0 Å². The van der Waals surface area contributed by atoms with Crippen LogP contribution in [0.4, 0.5) is 5.69 Å². The number of benzene rings is 2. The SMILES string of the molecule is CCc1cccc(NC(=O)c2ccccc2SCc2c(C)noc2C)c1. The third-order valence-electron chi connectivity index (χ3n) is 4.28. The fourth-order valence-corrected chi connectivity index (χ4v) is 3.91. The van der Waals surface area contributed by atoms with Crippen molar-refractivity contribution in [2.75, 3.05) is 5.32 Å². The maximum absolute atomic E-state index is 12.8. The number of thioether (sulfide) groups is 1. The number of nitrogens with one attached hydrogen (secondary N) is 1. The highest BCUT2D eigenvalue weighted by Gasteiger charge is 2.14. The fourth-order valence-electron chi connectivity index (χ4n) is 2.71. The molecule has 0 atom stereocenters. The molecule has 1 aromatic heterocycles. The van der Waals surface area contributed by atoms with Crippen LogP contribution < -0.4 is 5.32 Å². The maximum Gasteiger partial charge on any atom is 0.256 e. The van der Waals surface area contributed by atoms with E-state index in [0.29, 0.717) is 5.56 Å². The minimum absolute atomic E-state index is 0.0971. The molecule has 1 N–H and O–H groups in total. The highest BCUT2D eigenvalue weighted by Crippen LogP contribution is 2.29. The Bertz CT molecular complexity index is 898. The normalized spacial score (nSPS) is 10.7. The molecule has 0 saturated carbocycles. The molecule has 0 fully saturated rings. The summed E-state index contributed by atoms with van der Waals surface area (Å²) in [6, 6.07) is 15.6. The number of anilines is 1. The van der Waals surface area contributed by atoms with Gasteiger partial charge in [0.05, 0.1) is 11.3 Å².